The summed E-state index contributed by atoms with van der Waals surface area (Å²) in [5.41, 5.74) is 1.16. The van der Waals surface area contributed by atoms with Crippen molar-refractivity contribution in [3.63, 3.8) is 0 Å². The predicted octanol–water partition coefficient (Wildman–Crippen LogP) is 4.04. The van der Waals surface area contributed by atoms with E-state index in [0.29, 0.717) is 11.4 Å². The van der Waals surface area contributed by atoms with E-state index in [1.807, 2.05) is 36.4 Å². The highest BCUT2D eigenvalue weighted by atomic mass is 32.2. The van der Waals surface area contributed by atoms with Crippen molar-refractivity contribution in [3.05, 3.63) is 95.2 Å². The van der Waals surface area contributed by atoms with Crippen LogP contribution in [0.5, 0.6) is 11.6 Å². The molecule has 32 heavy (non-hydrogen) atoms. The van der Waals surface area contributed by atoms with E-state index < -0.39 is 20.8 Å². The van der Waals surface area contributed by atoms with Crippen molar-refractivity contribution in [2.75, 3.05) is 4.72 Å². The van der Waals surface area contributed by atoms with E-state index >= 15 is 0 Å². The lowest BCUT2D eigenvalue weighted by atomic mass is 10.1. The molecule has 0 aliphatic heterocycles. The van der Waals surface area contributed by atoms with Crippen LogP contribution in [0.4, 0.5) is 11.8 Å². The number of aromatic nitrogens is 3. The van der Waals surface area contributed by atoms with Crippen molar-refractivity contribution in [2.24, 2.45) is 0 Å². The van der Waals surface area contributed by atoms with Gasteiger partial charge in [0.25, 0.3) is 10.0 Å². The third kappa shape index (κ3) is 4.84. The summed E-state index contributed by atoms with van der Waals surface area (Å²) < 4.78 is 33.6. The minimum absolute atomic E-state index is 0.129. The highest BCUT2D eigenvalue weighted by Crippen LogP contribution is 2.27. The van der Waals surface area contributed by atoms with E-state index in [1.54, 1.807) is 30.3 Å². The summed E-state index contributed by atoms with van der Waals surface area (Å²) >= 11 is 0. The minimum atomic E-state index is -4.16. The second-order valence-electron chi connectivity index (χ2n) is 6.41. The maximum atomic E-state index is 12.8. The molecule has 10 nitrogen and oxygen atoms in total. The molecule has 2 heterocycles. The number of pyridine rings is 1. The van der Waals surface area contributed by atoms with E-state index in [0.717, 1.165) is 23.9 Å². The molecule has 0 saturated heterocycles. The van der Waals surface area contributed by atoms with Gasteiger partial charge in [-0.1, -0.05) is 48.5 Å². The topological polar surface area (TPSA) is 137 Å². The first kappa shape index (κ1) is 20.9. The highest BCUT2D eigenvalue weighted by molar-refractivity contribution is 7.92. The van der Waals surface area contributed by atoms with E-state index in [4.69, 9.17) is 4.74 Å². The Morgan fingerprint density at radius 1 is 0.906 bits per heavy atom. The molecule has 0 atom stereocenters. The average Bonchev–Trinajstić information content (AvgIpc) is 2.80. The van der Waals surface area contributed by atoms with Gasteiger partial charge >= 0.3 is 5.82 Å². The average molecular weight is 449 g/mol. The summed E-state index contributed by atoms with van der Waals surface area (Å²) in [5, 5.41) is 10.8. The number of ether oxygens (including phenoxy) is 1. The van der Waals surface area contributed by atoms with E-state index in [9.17, 15) is 18.5 Å². The molecule has 2 aromatic heterocycles. The van der Waals surface area contributed by atoms with Gasteiger partial charge in [0.2, 0.25) is 11.8 Å². The summed E-state index contributed by atoms with van der Waals surface area (Å²) in [6.07, 6.45) is 0.892. The fraction of sp³-hybridized carbons (Fsp3) is 0. The van der Waals surface area contributed by atoms with Crippen molar-refractivity contribution in [1.29, 1.82) is 0 Å². The number of nitrogens with zero attached hydrogens (tertiary/aromatic N) is 4. The van der Waals surface area contributed by atoms with E-state index in [-0.39, 0.29) is 16.7 Å². The number of sulfonamides is 1. The van der Waals surface area contributed by atoms with Crippen LogP contribution < -0.4 is 9.46 Å². The van der Waals surface area contributed by atoms with Crippen molar-refractivity contribution < 1.29 is 18.1 Å². The van der Waals surface area contributed by atoms with Crippen LogP contribution in [0, 0.1) is 10.1 Å². The maximum absolute atomic E-state index is 12.8. The normalized spacial score (nSPS) is 11.0. The number of nitro groups is 1. The predicted molar refractivity (Wildman–Crippen MR) is 116 cm³/mol. The molecule has 0 unspecified atom stereocenters. The molecular formula is C21H15N5O5S. The summed E-state index contributed by atoms with van der Waals surface area (Å²) in [5.74, 6) is -0.0522. The Morgan fingerprint density at radius 3 is 2.22 bits per heavy atom. The molecular weight excluding hydrogens is 434 g/mol. The Hall–Kier alpha value is -4.38. The first-order valence-electron chi connectivity index (χ1n) is 9.21. The van der Waals surface area contributed by atoms with Crippen LogP contribution in [0.3, 0.4) is 0 Å². The van der Waals surface area contributed by atoms with E-state index in [1.165, 1.54) is 0 Å². The molecule has 0 bridgehead atoms. The van der Waals surface area contributed by atoms with Crippen LogP contribution in [0.25, 0.3) is 11.3 Å². The summed E-state index contributed by atoms with van der Waals surface area (Å²) in [7, 11) is -4.16. The van der Waals surface area contributed by atoms with Gasteiger partial charge in [-0.15, -0.1) is 0 Å². The number of hydrogen-bond donors (Lipinski definition) is 1. The number of rotatable bonds is 7. The zero-order valence-electron chi connectivity index (χ0n) is 16.3. The maximum Gasteiger partial charge on any atom is 0.363 e. The summed E-state index contributed by atoms with van der Waals surface area (Å²) in [6, 6.07) is 21.7. The first-order valence-corrected chi connectivity index (χ1v) is 10.7. The van der Waals surface area contributed by atoms with Crippen LogP contribution in [-0.4, -0.2) is 28.3 Å². The second kappa shape index (κ2) is 8.78. The first-order chi connectivity index (χ1) is 15.4. The Balaban J connectivity index is 1.70. The van der Waals surface area contributed by atoms with Crippen LogP contribution in [0.2, 0.25) is 0 Å². The fourth-order valence-corrected chi connectivity index (χ4v) is 3.60. The smallest absolute Gasteiger partial charge is 0.363 e. The minimum Gasteiger partial charge on any atom is -0.439 e. The molecule has 0 amide bonds. The lowest BCUT2D eigenvalue weighted by molar-refractivity contribution is -0.389. The molecule has 0 aliphatic carbocycles. The van der Waals surface area contributed by atoms with Crippen molar-refractivity contribution in [2.45, 2.75) is 4.90 Å². The number of benzene rings is 2. The van der Waals surface area contributed by atoms with E-state index in [2.05, 4.69) is 19.7 Å². The van der Waals surface area contributed by atoms with Gasteiger partial charge in [-0.2, -0.15) is 4.98 Å². The second-order valence-corrected chi connectivity index (χ2v) is 8.09. The quantitative estimate of drug-likeness (QED) is 0.330. The van der Waals surface area contributed by atoms with Gasteiger partial charge in [0.15, 0.2) is 6.20 Å². The molecule has 4 aromatic rings. The molecule has 0 radical (unpaired) electrons. The van der Waals surface area contributed by atoms with Crippen LogP contribution >= 0.6 is 0 Å². The zero-order valence-corrected chi connectivity index (χ0v) is 17.1. The lowest BCUT2D eigenvalue weighted by Gasteiger charge is -2.11. The van der Waals surface area contributed by atoms with Gasteiger partial charge < -0.3 is 14.9 Å². The van der Waals surface area contributed by atoms with Crippen molar-refractivity contribution >= 4 is 21.8 Å². The molecule has 0 fully saturated rings. The Kier molecular flexibility index (Phi) is 5.73. The molecule has 0 spiro atoms. The van der Waals surface area contributed by atoms with Gasteiger partial charge in [0.05, 0.1) is 5.69 Å². The standard InChI is InChI=1S/C21H15N5O5S/c27-26(28)19-12-11-17(14-22-19)32(29,30)25-21-23-18(15-7-3-1-4-8-15)13-20(24-21)31-16-9-5-2-6-10-16/h1-14H,(H,23,24,25). The number of anilines is 1. The number of para-hydroxylation sites is 1. The summed E-state index contributed by atoms with van der Waals surface area (Å²) in [4.78, 5) is 21.8. The third-order valence-corrected chi connectivity index (χ3v) is 5.49. The lowest BCUT2D eigenvalue weighted by Crippen LogP contribution is -2.16. The Bertz CT molecular complexity index is 1350. The van der Waals surface area contributed by atoms with Crippen molar-refractivity contribution in [1.82, 2.24) is 15.0 Å². The van der Waals surface area contributed by atoms with Gasteiger partial charge in [-0.25, -0.2) is 18.1 Å². The monoisotopic (exact) mass is 449 g/mol. The molecule has 4 rings (SSSR count). The third-order valence-electron chi connectivity index (χ3n) is 4.18. The Labute approximate surface area is 182 Å². The fourth-order valence-electron chi connectivity index (χ4n) is 2.71. The molecule has 2 aromatic carbocycles. The van der Waals surface area contributed by atoms with Crippen molar-refractivity contribution in [3.8, 4) is 22.9 Å². The van der Waals surface area contributed by atoms with Gasteiger partial charge in [0.1, 0.15) is 10.6 Å². The van der Waals surface area contributed by atoms with Gasteiger partial charge in [-0.3, -0.25) is 0 Å². The number of nitrogens with one attached hydrogen (secondary N) is 1. The molecule has 160 valence electrons. The zero-order chi connectivity index (χ0) is 22.6. The molecule has 11 heteroatoms. The van der Waals surface area contributed by atoms with Gasteiger partial charge in [-0.05, 0) is 28.1 Å². The van der Waals surface area contributed by atoms with Crippen LogP contribution in [-0.2, 0) is 10.0 Å². The SMILES string of the molecule is O=[N+]([O-])c1ccc(S(=O)(=O)Nc2nc(Oc3ccccc3)cc(-c3ccccc3)n2)cn1. The molecule has 1 N–H and O–H groups in total. The highest BCUT2D eigenvalue weighted by Gasteiger charge is 2.21. The molecule has 0 aliphatic rings. The largest absolute Gasteiger partial charge is 0.439 e. The van der Waals surface area contributed by atoms with Crippen LogP contribution in [0.15, 0.2) is 90.0 Å². The summed E-state index contributed by atoms with van der Waals surface area (Å²) in [6.45, 7) is 0. The van der Waals surface area contributed by atoms with Crippen LogP contribution in [0.1, 0.15) is 0 Å². The Morgan fingerprint density at radius 2 is 1.59 bits per heavy atom. The molecule has 0 saturated carbocycles. The number of hydrogen-bond acceptors (Lipinski definition) is 8. The van der Waals surface area contributed by atoms with Gasteiger partial charge in [0, 0.05) is 17.7 Å².